The number of nitrogens with one attached hydrogen (secondary N) is 1. The minimum absolute atomic E-state index is 0.0414. The number of carboxylic acid groups (broad SMARTS) is 1. The van der Waals surface area contributed by atoms with Crippen molar-refractivity contribution in [2.75, 3.05) is 13.1 Å². The van der Waals surface area contributed by atoms with Crippen molar-refractivity contribution in [1.82, 2.24) is 10.2 Å². The molecule has 2 N–H and O–H groups in total. The van der Waals surface area contributed by atoms with Crippen LogP contribution in [0.2, 0.25) is 0 Å². The fourth-order valence-corrected chi connectivity index (χ4v) is 2.51. The predicted molar refractivity (Wildman–Crippen MR) is 67.3 cm³/mol. The van der Waals surface area contributed by atoms with E-state index >= 15 is 0 Å². The number of rotatable bonds is 6. The summed E-state index contributed by atoms with van der Waals surface area (Å²) in [5.41, 5.74) is -0.486. The van der Waals surface area contributed by atoms with E-state index in [1.807, 2.05) is 6.92 Å². The summed E-state index contributed by atoms with van der Waals surface area (Å²) in [6.07, 6.45) is 5.04. The van der Waals surface area contributed by atoms with Crippen LogP contribution in [0.3, 0.4) is 0 Å². The smallest absolute Gasteiger partial charge is 0.317 e. The SMILES string of the molecule is CCN(CC1CC1)C(=O)NC1(CC(=O)O)CCC1. The predicted octanol–water partition coefficient (Wildman–Crippen LogP) is 1.83. The summed E-state index contributed by atoms with van der Waals surface area (Å²) in [5, 5.41) is 11.9. The summed E-state index contributed by atoms with van der Waals surface area (Å²) in [7, 11) is 0. The molecule has 2 aliphatic rings. The van der Waals surface area contributed by atoms with E-state index < -0.39 is 11.5 Å². The summed E-state index contributed by atoms with van der Waals surface area (Å²) in [5.74, 6) is -0.173. The fraction of sp³-hybridized carbons (Fsp3) is 0.846. The van der Waals surface area contributed by atoms with Crippen molar-refractivity contribution in [2.45, 2.75) is 51.0 Å². The molecule has 2 aliphatic carbocycles. The molecular formula is C13H22N2O3. The van der Waals surface area contributed by atoms with Crippen LogP contribution >= 0.6 is 0 Å². The zero-order valence-corrected chi connectivity index (χ0v) is 10.9. The Morgan fingerprint density at radius 3 is 2.44 bits per heavy atom. The maximum Gasteiger partial charge on any atom is 0.317 e. The van der Waals surface area contributed by atoms with Gasteiger partial charge in [0.05, 0.1) is 12.0 Å². The average Bonchev–Trinajstić information content (AvgIpc) is 3.05. The zero-order valence-electron chi connectivity index (χ0n) is 10.9. The molecule has 5 nitrogen and oxygen atoms in total. The molecule has 0 aromatic rings. The van der Waals surface area contributed by atoms with E-state index in [9.17, 15) is 9.59 Å². The lowest BCUT2D eigenvalue weighted by atomic mass is 9.74. The Kier molecular flexibility index (Phi) is 3.78. The second-order valence-corrected chi connectivity index (χ2v) is 5.62. The van der Waals surface area contributed by atoms with E-state index in [1.54, 1.807) is 4.90 Å². The van der Waals surface area contributed by atoms with Crippen LogP contribution in [-0.2, 0) is 4.79 Å². The molecule has 2 saturated carbocycles. The van der Waals surface area contributed by atoms with Crippen LogP contribution in [0.25, 0.3) is 0 Å². The molecule has 2 fully saturated rings. The number of carbonyl (C=O) groups is 2. The highest BCUT2D eigenvalue weighted by molar-refractivity contribution is 5.77. The molecule has 2 rings (SSSR count). The van der Waals surface area contributed by atoms with Crippen LogP contribution in [0.5, 0.6) is 0 Å². The maximum absolute atomic E-state index is 12.1. The molecular weight excluding hydrogens is 232 g/mol. The summed E-state index contributed by atoms with van der Waals surface area (Å²) in [4.78, 5) is 24.8. The minimum Gasteiger partial charge on any atom is -0.481 e. The summed E-state index contributed by atoms with van der Waals surface area (Å²) < 4.78 is 0. The summed E-state index contributed by atoms with van der Waals surface area (Å²) >= 11 is 0. The summed E-state index contributed by atoms with van der Waals surface area (Å²) in [6.45, 7) is 3.46. The molecule has 0 aromatic heterocycles. The summed E-state index contributed by atoms with van der Waals surface area (Å²) in [6, 6.07) is -0.0923. The van der Waals surface area contributed by atoms with Gasteiger partial charge in [-0.1, -0.05) is 0 Å². The Bertz CT molecular complexity index is 335. The topological polar surface area (TPSA) is 69.6 Å². The molecule has 5 heteroatoms. The van der Waals surface area contributed by atoms with Crippen molar-refractivity contribution >= 4 is 12.0 Å². The normalized spacial score (nSPS) is 20.9. The van der Waals surface area contributed by atoms with Crippen LogP contribution in [0.1, 0.15) is 45.4 Å². The van der Waals surface area contributed by atoms with Gasteiger partial charge in [-0.15, -0.1) is 0 Å². The standard InChI is InChI=1S/C13H22N2O3/c1-2-15(9-10-4-5-10)12(18)14-13(6-3-7-13)8-11(16)17/h10H,2-9H2,1H3,(H,14,18)(H,16,17). The largest absolute Gasteiger partial charge is 0.481 e. The Morgan fingerprint density at radius 1 is 1.39 bits per heavy atom. The first-order valence-corrected chi connectivity index (χ1v) is 6.83. The molecule has 0 spiro atoms. The van der Waals surface area contributed by atoms with Gasteiger partial charge < -0.3 is 15.3 Å². The number of carbonyl (C=O) groups excluding carboxylic acids is 1. The second kappa shape index (κ2) is 5.16. The molecule has 0 heterocycles. The van der Waals surface area contributed by atoms with E-state index in [0.717, 1.165) is 25.8 Å². The number of carboxylic acids is 1. The number of amides is 2. The molecule has 0 radical (unpaired) electrons. The first-order valence-electron chi connectivity index (χ1n) is 6.83. The number of aliphatic carboxylic acids is 1. The average molecular weight is 254 g/mol. The maximum atomic E-state index is 12.1. The first kappa shape index (κ1) is 13.2. The molecule has 0 bridgehead atoms. The van der Waals surface area contributed by atoms with E-state index in [1.165, 1.54) is 12.8 Å². The lowest BCUT2D eigenvalue weighted by Crippen LogP contribution is -2.58. The van der Waals surface area contributed by atoms with Gasteiger partial charge in [-0.05, 0) is 44.9 Å². The first-order chi connectivity index (χ1) is 8.54. The van der Waals surface area contributed by atoms with Crippen LogP contribution in [-0.4, -0.2) is 40.6 Å². The van der Waals surface area contributed by atoms with Gasteiger partial charge in [0.1, 0.15) is 0 Å². The van der Waals surface area contributed by atoms with E-state index in [0.29, 0.717) is 12.5 Å². The van der Waals surface area contributed by atoms with Crippen LogP contribution in [0, 0.1) is 5.92 Å². The van der Waals surface area contributed by atoms with Crippen LogP contribution < -0.4 is 5.32 Å². The molecule has 0 aliphatic heterocycles. The third kappa shape index (κ3) is 3.15. The third-order valence-corrected chi connectivity index (χ3v) is 4.02. The van der Waals surface area contributed by atoms with Crippen molar-refractivity contribution < 1.29 is 14.7 Å². The van der Waals surface area contributed by atoms with Crippen molar-refractivity contribution in [3.05, 3.63) is 0 Å². The highest BCUT2D eigenvalue weighted by Gasteiger charge is 2.41. The highest BCUT2D eigenvalue weighted by atomic mass is 16.4. The number of hydrogen-bond donors (Lipinski definition) is 2. The minimum atomic E-state index is -0.833. The molecule has 0 unspecified atom stereocenters. The number of urea groups is 1. The fourth-order valence-electron chi connectivity index (χ4n) is 2.51. The Morgan fingerprint density at radius 2 is 2.06 bits per heavy atom. The molecule has 2 amide bonds. The lowest BCUT2D eigenvalue weighted by molar-refractivity contribution is -0.139. The van der Waals surface area contributed by atoms with Gasteiger partial charge in [0.25, 0.3) is 0 Å². The van der Waals surface area contributed by atoms with Gasteiger partial charge in [-0.3, -0.25) is 4.79 Å². The Balaban J connectivity index is 1.88. The van der Waals surface area contributed by atoms with Crippen molar-refractivity contribution in [3.63, 3.8) is 0 Å². The zero-order chi connectivity index (χ0) is 13.2. The van der Waals surface area contributed by atoms with Crippen molar-refractivity contribution in [3.8, 4) is 0 Å². The highest BCUT2D eigenvalue weighted by Crippen LogP contribution is 2.35. The molecule has 0 saturated heterocycles. The van der Waals surface area contributed by atoms with Gasteiger partial charge in [-0.25, -0.2) is 4.79 Å². The van der Waals surface area contributed by atoms with Gasteiger partial charge in [0, 0.05) is 13.1 Å². The van der Waals surface area contributed by atoms with Crippen molar-refractivity contribution in [1.29, 1.82) is 0 Å². The third-order valence-electron chi connectivity index (χ3n) is 4.02. The molecule has 0 aromatic carbocycles. The van der Waals surface area contributed by atoms with Gasteiger partial charge in [0.15, 0.2) is 0 Å². The van der Waals surface area contributed by atoms with Crippen LogP contribution in [0.15, 0.2) is 0 Å². The molecule has 18 heavy (non-hydrogen) atoms. The van der Waals surface area contributed by atoms with Crippen LogP contribution in [0.4, 0.5) is 4.79 Å². The van der Waals surface area contributed by atoms with E-state index in [-0.39, 0.29) is 12.5 Å². The van der Waals surface area contributed by atoms with Gasteiger partial charge in [0.2, 0.25) is 0 Å². The quantitative estimate of drug-likeness (QED) is 0.759. The van der Waals surface area contributed by atoms with Gasteiger partial charge in [-0.2, -0.15) is 0 Å². The number of nitrogens with zero attached hydrogens (tertiary/aromatic N) is 1. The second-order valence-electron chi connectivity index (χ2n) is 5.62. The van der Waals surface area contributed by atoms with Crippen molar-refractivity contribution in [2.24, 2.45) is 5.92 Å². The Hall–Kier alpha value is -1.26. The Labute approximate surface area is 108 Å². The van der Waals surface area contributed by atoms with E-state index in [4.69, 9.17) is 5.11 Å². The molecule has 0 atom stereocenters. The number of hydrogen-bond acceptors (Lipinski definition) is 2. The molecule has 102 valence electrons. The lowest BCUT2D eigenvalue weighted by Gasteiger charge is -2.42. The monoisotopic (exact) mass is 254 g/mol. The van der Waals surface area contributed by atoms with Gasteiger partial charge >= 0.3 is 12.0 Å². The van der Waals surface area contributed by atoms with E-state index in [2.05, 4.69) is 5.32 Å².